The molecule has 0 aliphatic heterocycles. The first kappa shape index (κ1) is 16.4. The topological polar surface area (TPSA) is 92.1 Å². The third-order valence-corrected chi connectivity index (χ3v) is 4.39. The van der Waals surface area contributed by atoms with Gasteiger partial charge in [-0.05, 0) is 36.8 Å². The molecule has 0 bridgehead atoms. The molecule has 1 saturated carbocycles. The molecule has 1 aliphatic carbocycles. The highest BCUT2D eigenvalue weighted by molar-refractivity contribution is 5.74. The molecule has 3 N–H and O–H groups in total. The minimum absolute atomic E-state index is 0.152. The molecule has 1 aliphatic rings. The van der Waals surface area contributed by atoms with Gasteiger partial charge in [-0.1, -0.05) is 24.3 Å². The van der Waals surface area contributed by atoms with Gasteiger partial charge in [-0.25, -0.2) is 14.5 Å². The number of amides is 2. The summed E-state index contributed by atoms with van der Waals surface area (Å²) >= 11 is 0. The summed E-state index contributed by atoms with van der Waals surface area (Å²) in [7, 11) is 0. The van der Waals surface area contributed by atoms with Crippen molar-refractivity contribution in [2.45, 2.75) is 50.9 Å². The molecule has 7 heteroatoms. The number of aromatic nitrogens is 3. The number of carbonyl (C=O) groups excluding carboxylic acids is 1. The Balaban J connectivity index is 1.51. The first-order valence-electron chi connectivity index (χ1n) is 8.32. The summed E-state index contributed by atoms with van der Waals surface area (Å²) in [6.07, 6.45) is 6.14. The Bertz CT molecular complexity index is 651. The van der Waals surface area contributed by atoms with E-state index in [9.17, 15) is 9.90 Å². The Morgan fingerprint density at radius 2 is 1.96 bits per heavy atom. The van der Waals surface area contributed by atoms with E-state index >= 15 is 0 Å². The normalized spacial score (nSPS) is 20.5. The van der Waals surface area contributed by atoms with Crippen molar-refractivity contribution in [2.24, 2.45) is 0 Å². The highest BCUT2D eigenvalue weighted by Gasteiger charge is 2.20. The van der Waals surface area contributed by atoms with Gasteiger partial charge in [0.1, 0.15) is 12.7 Å². The molecule has 1 aromatic carbocycles. The van der Waals surface area contributed by atoms with Gasteiger partial charge in [0.15, 0.2) is 0 Å². The molecule has 0 atom stereocenters. The molecule has 1 aromatic heterocycles. The van der Waals surface area contributed by atoms with Crippen LogP contribution in [-0.2, 0) is 13.1 Å². The molecule has 0 saturated heterocycles. The predicted octanol–water partition coefficient (Wildman–Crippen LogP) is 1.43. The van der Waals surface area contributed by atoms with Crippen molar-refractivity contribution in [3.63, 3.8) is 0 Å². The van der Waals surface area contributed by atoms with E-state index in [-0.39, 0.29) is 18.2 Å². The van der Waals surface area contributed by atoms with Crippen LogP contribution in [-0.4, -0.2) is 38.0 Å². The van der Waals surface area contributed by atoms with E-state index in [1.807, 2.05) is 24.3 Å². The second kappa shape index (κ2) is 7.92. The van der Waals surface area contributed by atoms with Crippen LogP contribution in [0.15, 0.2) is 36.9 Å². The van der Waals surface area contributed by atoms with E-state index in [2.05, 4.69) is 20.7 Å². The Hall–Kier alpha value is -2.41. The van der Waals surface area contributed by atoms with E-state index < -0.39 is 0 Å². The van der Waals surface area contributed by atoms with Gasteiger partial charge in [-0.15, -0.1) is 0 Å². The second-order valence-corrected chi connectivity index (χ2v) is 6.19. The molecule has 0 spiro atoms. The standard InChI is InChI=1S/C17H23N5O2/c23-16-7-5-15(6-8-16)21-17(24)19-9-13-3-1-2-4-14(13)10-22-12-18-11-20-22/h1-4,11-12,15-16,23H,5-10H2,(H2,19,21,24). The van der Waals surface area contributed by atoms with E-state index in [1.54, 1.807) is 11.0 Å². The van der Waals surface area contributed by atoms with E-state index in [4.69, 9.17) is 0 Å². The quantitative estimate of drug-likeness (QED) is 0.774. The van der Waals surface area contributed by atoms with Gasteiger partial charge in [-0.3, -0.25) is 0 Å². The average molecular weight is 329 g/mol. The van der Waals surface area contributed by atoms with Crippen molar-refractivity contribution >= 4 is 6.03 Å². The zero-order valence-corrected chi connectivity index (χ0v) is 13.6. The van der Waals surface area contributed by atoms with Crippen LogP contribution in [0.2, 0.25) is 0 Å². The second-order valence-electron chi connectivity index (χ2n) is 6.19. The summed E-state index contributed by atoms with van der Waals surface area (Å²) in [5, 5.41) is 19.5. The van der Waals surface area contributed by atoms with Crippen LogP contribution >= 0.6 is 0 Å². The Labute approximate surface area is 141 Å². The highest BCUT2D eigenvalue weighted by atomic mass is 16.3. The van der Waals surface area contributed by atoms with Gasteiger partial charge in [0.05, 0.1) is 12.6 Å². The Morgan fingerprint density at radius 1 is 1.21 bits per heavy atom. The molecule has 7 nitrogen and oxygen atoms in total. The van der Waals surface area contributed by atoms with Crippen LogP contribution in [0.5, 0.6) is 0 Å². The molecular weight excluding hydrogens is 306 g/mol. The molecule has 1 fully saturated rings. The predicted molar refractivity (Wildman–Crippen MR) is 89.2 cm³/mol. The van der Waals surface area contributed by atoms with Gasteiger partial charge in [0, 0.05) is 12.6 Å². The van der Waals surface area contributed by atoms with Crippen molar-refractivity contribution < 1.29 is 9.90 Å². The largest absolute Gasteiger partial charge is 0.393 e. The zero-order chi connectivity index (χ0) is 16.8. The van der Waals surface area contributed by atoms with Crippen LogP contribution in [0.1, 0.15) is 36.8 Å². The first-order chi connectivity index (χ1) is 11.7. The fraction of sp³-hybridized carbons (Fsp3) is 0.471. The van der Waals surface area contributed by atoms with Gasteiger partial charge >= 0.3 is 6.03 Å². The van der Waals surface area contributed by atoms with Crippen LogP contribution < -0.4 is 10.6 Å². The van der Waals surface area contributed by atoms with E-state index in [1.165, 1.54) is 6.33 Å². The lowest BCUT2D eigenvalue weighted by atomic mass is 9.93. The summed E-state index contributed by atoms with van der Waals surface area (Å²) in [4.78, 5) is 16.0. The lowest BCUT2D eigenvalue weighted by molar-refractivity contribution is 0.117. The third-order valence-electron chi connectivity index (χ3n) is 4.39. The van der Waals surface area contributed by atoms with Crippen molar-refractivity contribution in [1.29, 1.82) is 0 Å². The molecule has 128 valence electrons. The molecule has 0 unspecified atom stereocenters. The van der Waals surface area contributed by atoms with Gasteiger partial charge in [-0.2, -0.15) is 5.10 Å². The number of hydrogen-bond acceptors (Lipinski definition) is 4. The maximum atomic E-state index is 12.1. The number of urea groups is 1. The minimum atomic E-state index is -0.213. The van der Waals surface area contributed by atoms with Crippen molar-refractivity contribution in [1.82, 2.24) is 25.4 Å². The molecular formula is C17H23N5O2. The smallest absolute Gasteiger partial charge is 0.315 e. The Morgan fingerprint density at radius 3 is 2.67 bits per heavy atom. The van der Waals surface area contributed by atoms with Crippen molar-refractivity contribution in [3.8, 4) is 0 Å². The Kier molecular flexibility index (Phi) is 5.43. The number of nitrogens with one attached hydrogen (secondary N) is 2. The lowest BCUT2D eigenvalue weighted by Gasteiger charge is -2.26. The number of rotatable bonds is 5. The van der Waals surface area contributed by atoms with E-state index in [0.29, 0.717) is 13.1 Å². The summed E-state index contributed by atoms with van der Waals surface area (Å²) in [5.41, 5.74) is 2.16. The fourth-order valence-corrected chi connectivity index (χ4v) is 3.01. The molecule has 2 aromatic rings. The fourth-order valence-electron chi connectivity index (χ4n) is 3.01. The van der Waals surface area contributed by atoms with Crippen LogP contribution in [0.25, 0.3) is 0 Å². The lowest BCUT2D eigenvalue weighted by Crippen LogP contribution is -2.44. The monoisotopic (exact) mass is 329 g/mol. The van der Waals surface area contributed by atoms with Crippen molar-refractivity contribution in [2.75, 3.05) is 0 Å². The van der Waals surface area contributed by atoms with Crippen molar-refractivity contribution in [3.05, 3.63) is 48.0 Å². The number of nitrogens with zero attached hydrogens (tertiary/aromatic N) is 3. The first-order valence-corrected chi connectivity index (χ1v) is 8.32. The summed E-state index contributed by atoms with van der Waals surface area (Å²) < 4.78 is 1.76. The zero-order valence-electron chi connectivity index (χ0n) is 13.6. The number of hydrogen-bond donors (Lipinski definition) is 3. The van der Waals surface area contributed by atoms with Crippen LogP contribution in [0.4, 0.5) is 4.79 Å². The average Bonchev–Trinajstić information content (AvgIpc) is 3.09. The highest BCUT2D eigenvalue weighted by Crippen LogP contribution is 2.18. The van der Waals surface area contributed by atoms with E-state index in [0.717, 1.165) is 36.8 Å². The summed E-state index contributed by atoms with van der Waals surface area (Å²) in [6.45, 7) is 1.09. The molecule has 24 heavy (non-hydrogen) atoms. The van der Waals surface area contributed by atoms with Gasteiger partial charge in [0.2, 0.25) is 0 Å². The molecule has 0 radical (unpaired) electrons. The summed E-state index contributed by atoms with van der Waals surface area (Å²) in [6, 6.07) is 7.96. The number of aliphatic hydroxyl groups excluding tert-OH is 1. The number of carbonyl (C=O) groups is 1. The maximum Gasteiger partial charge on any atom is 0.315 e. The molecule has 1 heterocycles. The minimum Gasteiger partial charge on any atom is -0.393 e. The van der Waals surface area contributed by atoms with Gasteiger partial charge < -0.3 is 15.7 Å². The SMILES string of the molecule is O=C(NCc1ccccc1Cn1cncn1)NC1CCC(O)CC1. The third kappa shape index (κ3) is 4.55. The van der Waals surface area contributed by atoms with Crippen LogP contribution in [0, 0.1) is 0 Å². The summed E-state index contributed by atoms with van der Waals surface area (Å²) in [5.74, 6) is 0. The number of benzene rings is 1. The van der Waals surface area contributed by atoms with Crippen LogP contribution in [0.3, 0.4) is 0 Å². The number of aliphatic hydroxyl groups is 1. The molecule has 2 amide bonds. The van der Waals surface area contributed by atoms with Gasteiger partial charge in [0.25, 0.3) is 0 Å². The molecule has 3 rings (SSSR count). The maximum absolute atomic E-state index is 12.1.